The molecule has 0 unspecified atom stereocenters. The average molecular weight is 375 g/mol. The molecule has 0 saturated heterocycles. The first-order valence-electron chi connectivity index (χ1n) is 6.37. The van der Waals surface area contributed by atoms with Gasteiger partial charge in [-0.25, -0.2) is 8.42 Å². The fourth-order valence-corrected chi connectivity index (χ4v) is 3.44. The summed E-state index contributed by atoms with van der Waals surface area (Å²) in [5, 5.41) is 11.3. The van der Waals surface area contributed by atoms with Crippen molar-refractivity contribution in [3.8, 4) is 0 Å². The van der Waals surface area contributed by atoms with Gasteiger partial charge in [-0.15, -0.1) is 0 Å². The van der Waals surface area contributed by atoms with Gasteiger partial charge in [0.1, 0.15) is 0 Å². The molecule has 9 heteroatoms. The van der Waals surface area contributed by atoms with E-state index in [1.807, 2.05) is 0 Å². The van der Waals surface area contributed by atoms with E-state index in [0.29, 0.717) is 15.6 Å². The Labute approximate surface area is 143 Å². The average Bonchev–Trinajstić information content (AvgIpc) is 2.51. The van der Waals surface area contributed by atoms with E-state index in [4.69, 9.17) is 23.2 Å². The molecule has 0 amide bonds. The fraction of sp³-hybridized carbons (Fsp3) is 0.143. The van der Waals surface area contributed by atoms with Crippen molar-refractivity contribution in [2.45, 2.75) is 11.4 Å². The highest BCUT2D eigenvalue weighted by molar-refractivity contribution is 7.89. The number of hydrogen-bond acceptors (Lipinski definition) is 4. The van der Waals surface area contributed by atoms with Crippen LogP contribution in [0, 0.1) is 10.1 Å². The van der Waals surface area contributed by atoms with Crippen molar-refractivity contribution in [1.29, 1.82) is 0 Å². The van der Waals surface area contributed by atoms with Gasteiger partial charge in [-0.3, -0.25) is 10.1 Å². The van der Waals surface area contributed by atoms with Crippen molar-refractivity contribution in [3.05, 3.63) is 68.2 Å². The number of non-ortho nitro benzene ring substituents is 1. The van der Waals surface area contributed by atoms with Crippen molar-refractivity contribution >= 4 is 38.9 Å². The van der Waals surface area contributed by atoms with Crippen molar-refractivity contribution in [2.75, 3.05) is 7.05 Å². The van der Waals surface area contributed by atoms with Crippen LogP contribution in [0.1, 0.15) is 5.56 Å². The topological polar surface area (TPSA) is 80.5 Å². The predicted molar refractivity (Wildman–Crippen MR) is 88.2 cm³/mol. The molecule has 0 aliphatic carbocycles. The van der Waals surface area contributed by atoms with Gasteiger partial charge < -0.3 is 0 Å². The number of benzene rings is 2. The van der Waals surface area contributed by atoms with Gasteiger partial charge in [0, 0.05) is 25.7 Å². The summed E-state index contributed by atoms with van der Waals surface area (Å²) in [6.45, 7) is 0.0265. The van der Waals surface area contributed by atoms with E-state index in [9.17, 15) is 18.5 Å². The van der Waals surface area contributed by atoms with Crippen LogP contribution in [0.15, 0.2) is 47.4 Å². The summed E-state index contributed by atoms with van der Waals surface area (Å²) in [5.74, 6) is 0. The molecule has 122 valence electrons. The van der Waals surface area contributed by atoms with Crippen molar-refractivity contribution < 1.29 is 13.3 Å². The van der Waals surface area contributed by atoms with Crippen LogP contribution < -0.4 is 0 Å². The molecule has 0 bridgehead atoms. The second-order valence-electron chi connectivity index (χ2n) is 4.73. The van der Waals surface area contributed by atoms with E-state index in [-0.39, 0.29) is 17.1 Å². The number of halogens is 2. The Morgan fingerprint density at radius 2 is 1.74 bits per heavy atom. The molecule has 0 spiro atoms. The monoisotopic (exact) mass is 374 g/mol. The zero-order valence-electron chi connectivity index (χ0n) is 11.9. The summed E-state index contributed by atoms with van der Waals surface area (Å²) in [6, 6.07) is 9.65. The van der Waals surface area contributed by atoms with Crippen LogP contribution in [0.4, 0.5) is 5.69 Å². The summed E-state index contributed by atoms with van der Waals surface area (Å²) < 4.78 is 26.1. The van der Waals surface area contributed by atoms with Gasteiger partial charge in [-0.05, 0) is 23.8 Å². The van der Waals surface area contributed by atoms with Gasteiger partial charge in [-0.1, -0.05) is 35.3 Å². The molecule has 0 aliphatic heterocycles. The molecule has 0 aromatic heterocycles. The van der Waals surface area contributed by atoms with Crippen LogP contribution in [-0.4, -0.2) is 24.7 Å². The first-order valence-corrected chi connectivity index (χ1v) is 8.57. The Bertz CT molecular complexity index is 838. The van der Waals surface area contributed by atoms with Crippen molar-refractivity contribution in [3.63, 3.8) is 0 Å². The minimum absolute atomic E-state index is 0.0265. The largest absolute Gasteiger partial charge is 0.269 e. The molecule has 0 radical (unpaired) electrons. The Morgan fingerprint density at radius 1 is 1.13 bits per heavy atom. The van der Waals surface area contributed by atoms with Crippen molar-refractivity contribution in [2.24, 2.45) is 0 Å². The number of nitrogens with zero attached hydrogens (tertiary/aromatic N) is 2. The van der Waals surface area contributed by atoms with Crippen LogP contribution in [0.2, 0.25) is 10.0 Å². The number of hydrogen-bond donors (Lipinski definition) is 0. The quantitative estimate of drug-likeness (QED) is 0.589. The van der Waals surface area contributed by atoms with Crippen LogP contribution in [0.5, 0.6) is 0 Å². The molecule has 2 aromatic carbocycles. The van der Waals surface area contributed by atoms with Crippen LogP contribution in [-0.2, 0) is 16.6 Å². The molecule has 6 nitrogen and oxygen atoms in total. The molecule has 0 heterocycles. The van der Waals surface area contributed by atoms with E-state index in [1.54, 1.807) is 18.2 Å². The van der Waals surface area contributed by atoms with E-state index in [2.05, 4.69) is 0 Å². The molecule has 0 atom stereocenters. The number of nitro benzene ring substituents is 1. The summed E-state index contributed by atoms with van der Waals surface area (Å²) >= 11 is 12.0. The van der Waals surface area contributed by atoms with Gasteiger partial charge in [0.25, 0.3) is 5.69 Å². The minimum Gasteiger partial charge on any atom is -0.258 e. The molecule has 0 aliphatic rings. The Kier molecular flexibility index (Phi) is 5.26. The first-order chi connectivity index (χ1) is 10.7. The maximum Gasteiger partial charge on any atom is 0.269 e. The molecule has 0 saturated carbocycles. The molecule has 0 N–H and O–H groups in total. The number of rotatable bonds is 5. The molecule has 0 fully saturated rings. The highest BCUT2D eigenvalue weighted by Crippen LogP contribution is 2.28. The number of nitro groups is 1. The lowest BCUT2D eigenvalue weighted by atomic mass is 10.2. The summed E-state index contributed by atoms with van der Waals surface area (Å²) in [6.07, 6.45) is 0. The van der Waals surface area contributed by atoms with Gasteiger partial charge in [0.15, 0.2) is 0 Å². The van der Waals surface area contributed by atoms with Crippen LogP contribution in [0.3, 0.4) is 0 Å². The molecular weight excluding hydrogens is 363 g/mol. The third-order valence-corrected chi connectivity index (χ3v) is 5.86. The highest BCUT2D eigenvalue weighted by Gasteiger charge is 2.22. The maximum absolute atomic E-state index is 12.5. The third-order valence-electron chi connectivity index (χ3n) is 3.18. The van der Waals surface area contributed by atoms with Crippen molar-refractivity contribution in [1.82, 2.24) is 4.31 Å². The standard InChI is InChI=1S/C14H12Cl2N2O4S/c1-17(9-10-3-2-4-13(15)14(10)16)23(21,22)12-7-5-11(6-8-12)18(19)20/h2-8H,9H2,1H3. The fourth-order valence-electron chi connectivity index (χ4n) is 1.92. The Balaban J connectivity index is 2.28. The van der Waals surface area contributed by atoms with Gasteiger partial charge in [0.2, 0.25) is 10.0 Å². The van der Waals surface area contributed by atoms with E-state index < -0.39 is 14.9 Å². The second kappa shape index (κ2) is 6.84. The lowest BCUT2D eigenvalue weighted by molar-refractivity contribution is -0.384. The van der Waals surface area contributed by atoms with Crippen LogP contribution >= 0.6 is 23.2 Å². The Morgan fingerprint density at radius 3 is 2.30 bits per heavy atom. The lowest BCUT2D eigenvalue weighted by Gasteiger charge is -2.18. The summed E-state index contributed by atoms with van der Waals surface area (Å²) in [5.41, 5.74) is 0.386. The first kappa shape index (κ1) is 17.7. The summed E-state index contributed by atoms with van der Waals surface area (Å²) in [7, 11) is -2.40. The molecular formula is C14H12Cl2N2O4S. The predicted octanol–water partition coefficient (Wildman–Crippen LogP) is 3.72. The molecule has 2 rings (SSSR count). The summed E-state index contributed by atoms with van der Waals surface area (Å²) in [4.78, 5) is 10.00. The van der Waals surface area contributed by atoms with E-state index >= 15 is 0 Å². The van der Waals surface area contributed by atoms with E-state index in [0.717, 1.165) is 16.4 Å². The maximum atomic E-state index is 12.5. The third kappa shape index (κ3) is 3.81. The van der Waals surface area contributed by atoms with Gasteiger partial charge in [-0.2, -0.15) is 4.31 Å². The molecule has 23 heavy (non-hydrogen) atoms. The Hall–Kier alpha value is -1.67. The highest BCUT2D eigenvalue weighted by atomic mass is 35.5. The number of sulfonamides is 1. The molecule has 2 aromatic rings. The van der Waals surface area contributed by atoms with Gasteiger partial charge >= 0.3 is 0 Å². The second-order valence-corrected chi connectivity index (χ2v) is 7.56. The zero-order chi connectivity index (χ0) is 17.2. The van der Waals surface area contributed by atoms with Crippen LogP contribution in [0.25, 0.3) is 0 Å². The lowest BCUT2D eigenvalue weighted by Crippen LogP contribution is -2.26. The normalized spacial score (nSPS) is 11.7. The van der Waals surface area contributed by atoms with Gasteiger partial charge in [0.05, 0.1) is 19.9 Å². The zero-order valence-corrected chi connectivity index (χ0v) is 14.3. The van der Waals surface area contributed by atoms with E-state index in [1.165, 1.54) is 19.2 Å². The minimum atomic E-state index is -3.80. The smallest absolute Gasteiger partial charge is 0.258 e. The SMILES string of the molecule is CN(Cc1cccc(Cl)c1Cl)S(=O)(=O)c1ccc([N+](=O)[O-])cc1.